The molecule has 1 heterocycles. The average molecular weight is 531 g/mol. The largest absolute Gasteiger partial charge is 0.504 e. The Morgan fingerprint density at radius 1 is 0.763 bits per heavy atom. The summed E-state index contributed by atoms with van der Waals surface area (Å²) < 4.78 is 39.4. The third kappa shape index (κ3) is 9.98. The van der Waals surface area contributed by atoms with Gasteiger partial charge in [0.1, 0.15) is 13.2 Å². The molecular weight excluding hydrogens is 492 g/mol. The molecule has 9 heteroatoms. The lowest BCUT2D eigenvalue weighted by Crippen LogP contribution is -2.15. The molecule has 0 saturated carbocycles. The fourth-order valence-corrected chi connectivity index (χ4v) is 3.73. The van der Waals surface area contributed by atoms with Gasteiger partial charge in [-0.1, -0.05) is 43.3 Å². The van der Waals surface area contributed by atoms with E-state index in [0.717, 1.165) is 11.1 Å². The molecule has 2 aromatic carbocycles. The van der Waals surface area contributed by atoms with Gasteiger partial charge in [0.15, 0.2) is 23.0 Å². The molecule has 0 aromatic heterocycles. The summed E-state index contributed by atoms with van der Waals surface area (Å²) in [4.78, 5) is 12.2. The number of ether oxygens (including phenoxy) is 7. The lowest BCUT2D eigenvalue weighted by atomic mass is 9.98. The first kappa shape index (κ1) is 29.4. The van der Waals surface area contributed by atoms with Crippen LogP contribution in [0.2, 0.25) is 0 Å². The van der Waals surface area contributed by atoms with Gasteiger partial charge in [-0.2, -0.15) is 0 Å². The van der Waals surface area contributed by atoms with Crippen LogP contribution in [-0.4, -0.2) is 77.1 Å². The first-order valence-electron chi connectivity index (χ1n) is 12.9. The van der Waals surface area contributed by atoms with Crippen LogP contribution >= 0.6 is 0 Å². The van der Waals surface area contributed by atoms with Crippen LogP contribution in [0.25, 0.3) is 0 Å². The first-order valence-corrected chi connectivity index (χ1v) is 12.9. The Morgan fingerprint density at radius 3 is 1.82 bits per heavy atom. The number of carbonyl (C=O) groups is 1. The fraction of sp³-hybridized carbons (Fsp3) is 0.483. The van der Waals surface area contributed by atoms with Gasteiger partial charge in [-0.25, -0.2) is 0 Å². The maximum Gasteiger partial charge on any atom is 0.311 e. The van der Waals surface area contributed by atoms with Crippen molar-refractivity contribution >= 4 is 5.97 Å². The minimum Gasteiger partial charge on any atom is -0.504 e. The highest BCUT2D eigenvalue weighted by Gasteiger charge is 2.17. The zero-order chi connectivity index (χ0) is 27.0. The number of hydrogen-bond acceptors (Lipinski definition) is 9. The third-order valence-corrected chi connectivity index (χ3v) is 5.61. The summed E-state index contributed by atoms with van der Waals surface area (Å²) in [6.07, 6.45) is 1.07. The van der Waals surface area contributed by atoms with E-state index in [1.165, 1.54) is 0 Å². The van der Waals surface area contributed by atoms with Crippen molar-refractivity contribution < 1.29 is 43.1 Å². The van der Waals surface area contributed by atoms with Gasteiger partial charge in [-0.05, 0) is 25.0 Å². The molecule has 1 aliphatic heterocycles. The molecule has 0 unspecified atom stereocenters. The van der Waals surface area contributed by atoms with E-state index in [2.05, 4.69) is 6.58 Å². The molecule has 0 fully saturated rings. The van der Waals surface area contributed by atoms with Crippen molar-refractivity contribution in [3.63, 3.8) is 0 Å². The number of esters is 1. The summed E-state index contributed by atoms with van der Waals surface area (Å²) in [6, 6.07) is 10.8. The van der Waals surface area contributed by atoms with Crippen LogP contribution < -0.4 is 14.2 Å². The maximum absolute atomic E-state index is 12.2. The molecule has 4 bridgehead atoms. The number of hydrogen-bond donors (Lipinski definition) is 1. The summed E-state index contributed by atoms with van der Waals surface area (Å²) in [5.74, 6) is 0.918. The Bertz CT molecular complexity index is 1020. The Labute approximate surface area is 224 Å². The van der Waals surface area contributed by atoms with E-state index in [-0.39, 0.29) is 24.7 Å². The minimum absolute atomic E-state index is 0.0669. The Morgan fingerprint density at radius 2 is 1.24 bits per heavy atom. The molecule has 0 aliphatic carbocycles. The summed E-state index contributed by atoms with van der Waals surface area (Å²) in [6.45, 7) is 9.93. The molecule has 0 amide bonds. The Balaban J connectivity index is 1.73. The van der Waals surface area contributed by atoms with Crippen LogP contribution in [0.15, 0.2) is 48.6 Å². The second-order valence-corrected chi connectivity index (χ2v) is 8.59. The first-order chi connectivity index (χ1) is 18.6. The van der Waals surface area contributed by atoms with Gasteiger partial charge in [-0.3, -0.25) is 4.79 Å². The van der Waals surface area contributed by atoms with E-state index >= 15 is 0 Å². The van der Waals surface area contributed by atoms with Crippen molar-refractivity contribution in [2.24, 2.45) is 0 Å². The van der Waals surface area contributed by atoms with Crippen LogP contribution in [0.4, 0.5) is 0 Å². The van der Waals surface area contributed by atoms with Crippen molar-refractivity contribution in [3.05, 3.63) is 59.7 Å². The highest BCUT2D eigenvalue weighted by atomic mass is 16.6. The lowest BCUT2D eigenvalue weighted by molar-refractivity contribution is -0.134. The molecule has 9 nitrogen and oxygen atoms in total. The summed E-state index contributed by atoms with van der Waals surface area (Å²) in [5, 5.41) is 10.8. The van der Waals surface area contributed by atoms with Crippen LogP contribution in [0.1, 0.15) is 24.5 Å². The molecule has 1 aliphatic rings. The second kappa shape index (κ2) is 16.7. The number of rotatable bonds is 2. The number of para-hydroxylation sites is 2. The van der Waals surface area contributed by atoms with E-state index in [1.54, 1.807) is 19.1 Å². The van der Waals surface area contributed by atoms with Gasteiger partial charge in [0.25, 0.3) is 0 Å². The highest BCUT2D eigenvalue weighted by molar-refractivity contribution is 5.73. The van der Waals surface area contributed by atoms with Crippen molar-refractivity contribution in [3.8, 4) is 23.0 Å². The van der Waals surface area contributed by atoms with Crippen LogP contribution in [0.5, 0.6) is 23.0 Å². The molecule has 0 spiro atoms. The van der Waals surface area contributed by atoms with Crippen LogP contribution in [-0.2, 0) is 36.6 Å². The number of carbonyl (C=O) groups excluding carboxylic acids is 1. The molecule has 38 heavy (non-hydrogen) atoms. The van der Waals surface area contributed by atoms with E-state index in [4.69, 9.17) is 33.2 Å². The second-order valence-electron chi connectivity index (χ2n) is 8.59. The quantitative estimate of drug-likeness (QED) is 0.352. The Kier molecular flexibility index (Phi) is 12.9. The highest BCUT2D eigenvalue weighted by Crippen LogP contribution is 2.35. The van der Waals surface area contributed by atoms with Gasteiger partial charge < -0.3 is 38.3 Å². The van der Waals surface area contributed by atoms with Crippen LogP contribution in [0.3, 0.4) is 0 Å². The topological polar surface area (TPSA) is 102 Å². The van der Waals surface area contributed by atoms with Crippen LogP contribution in [0, 0.1) is 0 Å². The standard InChI is InChI=1S/C29H38O9/c1-3-27(30)38-29-24-7-5-9-26(29)37-19-17-35-15-13-33-11-10-32-12-14-34-16-18-36-25-8-4-6-23(28(25)31)20-22(2)21-24/h4-9,31H,2-3,10-21H2,1H3. The normalized spacial score (nSPS) is 17.2. The summed E-state index contributed by atoms with van der Waals surface area (Å²) in [7, 11) is 0. The van der Waals surface area contributed by atoms with Crippen molar-refractivity contribution in [2.45, 2.75) is 26.2 Å². The van der Waals surface area contributed by atoms with Crippen molar-refractivity contribution in [1.82, 2.24) is 0 Å². The van der Waals surface area contributed by atoms with Gasteiger partial charge >= 0.3 is 5.97 Å². The molecule has 1 N–H and O–H groups in total. The number of aromatic hydroxyl groups is 1. The molecule has 0 radical (unpaired) electrons. The molecule has 2 aromatic rings. The smallest absolute Gasteiger partial charge is 0.311 e. The van der Waals surface area contributed by atoms with Gasteiger partial charge in [0.2, 0.25) is 0 Å². The Hall–Kier alpha value is -3.11. The number of benzene rings is 2. The van der Waals surface area contributed by atoms with Gasteiger partial charge in [0.05, 0.1) is 52.9 Å². The minimum atomic E-state index is -0.360. The number of allylic oxidation sites excluding steroid dienone is 1. The number of fused-ring (bicyclic) bond motifs is 4. The third-order valence-electron chi connectivity index (χ3n) is 5.61. The zero-order valence-electron chi connectivity index (χ0n) is 22.1. The van der Waals surface area contributed by atoms with E-state index in [1.807, 2.05) is 24.3 Å². The van der Waals surface area contributed by atoms with Gasteiger partial charge in [0, 0.05) is 17.5 Å². The average Bonchev–Trinajstić information content (AvgIpc) is 2.91. The molecule has 0 saturated heterocycles. The maximum atomic E-state index is 12.2. The van der Waals surface area contributed by atoms with E-state index < -0.39 is 0 Å². The number of phenols is 1. The number of phenolic OH excluding ortho intramolecular Hbond substituents is 1. The summed E-state index contributed by atoms with van der Waals surface area (Å²) >= 11 is 0. The monoisotopic (exact) mass is 530 g/mol. The predicted octanol–water partition coefficient (Wildman–Crippen LogP) is 3.89. The van der Waals surface area contributed by atoms with E-state index in [0.29, 0.717) is 95.1 Å². The van der Waals surface area contributed by atoms with Gasteiger partial charge in [-0.15, -0.1) is 0 Å². The lowest BCUT2D eigenvalue weighted by Gasteiger charge is -2.17. The fourth-order valence-electron chi connectivity index (χ4n) is 3.73. The zero-order valence-corrected chi connectivity index (χ0v) is 22.1. The van der Waals surface area contributed by atoms with Crippen molar-refractivity contribution in [1.29, 1.82) is 0 Å². The van der Waals surface area contributed by atoms with E-state index in [9.17, 15) is 9.90 Å². The molecule has 0 atom stereocenters. The molecular formula is C29H38O9. The summed E-state index contributed by atoms with van der Waals surface area (Å²) in [5.41, 5.74) is 2.27. The predicted molar refractivity (Wildman–Crippen MR) is 141 cm³/mol. The molecule has 3 rings (SSSR count). The van der Waals surface area contributed by atoms with Crippen molar-refractivity contribution in [2.75, 3.05) is 66.1 Å². The molecule has 208 valence electrons. The SMILES string of the molecule is C=C1Cc2cccc(c2O)OCCOCCOCCOCCOCCOc2cccc(c2OC(=O)CC)C1.